The summed E-state index contributed by atoms with van der Waals surface area (Å²) >= 11 is 12.6. The van der Waals surface area contributed by atoms with E-state index in [2.05, 4.69) is 10.6 Å². The van der Waals surface area contributed by atoms with Crippen LogP contribution < -0.4 is 10.6 Å². The molecular formula is C20H24ClN3O3S2. The molecule has 0 spiro atoms. The van der Waals surface area contributed by atoms with Gasteiger partial charge < -0.3 is 20.3 Å². The van der Waals surface area contributed by atoms with Crippen LogP contribution in [-0.2, 0) is 11.3 Å². The summed E-state index contributed by atoms with van der Waals surface area (Å²) in [5, 5.41) is 7.57. The fraction of sp³-hybridized carbons (Fsp3) is 0.350. The topological polar surface area (TPSA) is 70.7 Å². The highest BCUT2D eigenvalue weighted by Crippen LogP contribution is 2.34. The van der Waals surface area contributed by atoms with Crippen LogP contribution >= 0.6 is 35.2 Å². The number of halogens is 1. The summed E-state index contributed by atoms with van der Waals surface area (Å²) in [7, 11) is 1.31. The van der Waals surface area contributed by atoms with E-state index in [1.165, 1.54) is 18.4 Å². The second kappa shape index (κ2) is 10.6. The second-order valence-corrected chi connectivity index (χ2v) is 8.03. The number of carbonyl (C=O) groups excluding carboxylic acids is 2. The fourth-order valence-electron chi connectivity index (χ4n) is 2.78. The van der Waals surface area contributed by atoms with Crippen molar-refractivity contribution in [1.29, 1.82) is 0 Å². The standard InChI is InChI=1S/C20H24ClN3O3S2/c1-5-24(6-2)18(25)16-12(3)15(19(26)27-4)17(29-16)23-20(28)22-11-13-8-7-9-14(21)10-13/h7-10H,5-6,11H2,1-4H3,(H2,22,23,28). The zero-order chi connectivity index (χ0) is 21.6. The van der Waals surface area contributed by atoms with Crippen molar-refractivity contribution in [3.05, 3.63) is 50.9 Å². The van der Waals surface area contributed by atoms with Crippen LogP contribution in [0.2, 0.25) is 5.02 Å². The number of esters is 1. The van der Waals surface area contributed by atoms with Crippen LogP contribution in [-0.4, -0.2) is 42.1 Å². The zero-order valence-corrected chi connectivity index (χ0v) is 19.2. The molecule has 0 radical (unpaired) electrons. The third-order valence-corrected chi connectivity index (χ3v) is 6.03. The van der Waals surface area contributed by atoms with Crippen LogP contribution in [0.4, 0.5) is 5.00 Å². The molecule has 0 saturated heterocycles. The Bertz CT molecular complexity index is 910. The SMILES string of the molecule is CCN(CC)C(=O)c1sc(NC(=S)NCc2cccc(Cl)c2)c(C(=O)OC)c1C. The molecule has 1 aromatic heterocycles. The van der Waals surface area contributed by atoms with Gasteiger partial charge in [-0.15, -0.1) is 11.3 Å². The lowest BCUT2D eigenvalue weighted by atomic mass is 10.1. The number of carbonyl (C=O) groups is 2. The number of anilines is 1. The average Bonchev–Trinajstić information content (AvgIpc) is 3.02. The Morgan fingerprint density at radius 2 is 1.97 bits per heavy atom. The molecule has 0 saturated carbocycles. The first-order valence-corrected chi connectivity index (χ1v) is 10.7. The highest BCUT2D eigenvalue weighted by Gasteiger charge is 2.27. The smallest absolute Gasteiger partial charge is 0.341 e. The molecule has 0 fully saturated rings. The van der Waals surface area contributed by atoms with E-state index in [4.69, 9.17) is 28.6 Å². The number of nitrogens with one attached hydrogen (secondary N) is 2. The Morgan fingerprint density at radius 3 is 2.55 bits per heavy atom. The van der Waals surface area contributed by atoms with Crippen LogP contribution in [0.25, 0.3) is 0 Å². The molecule has 156 valence electrons. The normalized spacial score (nSPS) is 10.4. The van der Waals surface area contributed by atoms with Crippen molar-refractivity contribution in [2.75, 3.05) is 25.5 Å². The molecule has 0 aliphatic heterocycles. The van der Waals surface area contributed by atoms with Crippen molar-refractivity contribution >= 4 is 57.1 Å². The summed E-state index contributed by atoms with van der Waals surface area (Å²) in [5.41, 5.74) is 1.87. The quantitative estimate of drug-likeness (QED) is 0.476. The van der Waals surface area contributed by atoms with Gasteiger partial charge in [-0.2, -0.15) is 0 Å². The van der Waals surface area contributed by atoms with Gasteiger partial charge in [0.15, 0.2) is 5.11 Å². The van der Waals surface area contributed by atoms with E-state index in [9.17, 15) is 9.59 Å². The highest BCUT2D eigenvalue weighted by molar-refractivity contribution is 7.80. The third-order valence-electron chi connectivity index (χ3n) is 4.35. The second-order valence-electron chi connectivity index (χ2n) is 6.17. The van der Waals surface area contributed by atoms with Gasteiger partial charge in [-0.3, -0.25) is 4.79 Å². The van der Waals surface area contributed by atoms with Crippen LogP contribution in [0, 0.1) is 6.92 Å². The number of rotatable bonds is 7. The molecule has 6 nitrogen and oxygen atoms in total. The summed E-state index contributed by atoms with van der Waals surface area (Å²) < 4.78 is 4.91. The lowest BCUT2D eigenvalue weighted by Crippen LogP contribution is -2.30. The molecule has 2 aromatic rings. The molecule has 1 amide bonds. The number of hydrogen-bond donors (Lipinski definition) is 2. The molecule has 0 bridgehead atoms. The molecule has 1 aromatic carbocycles. The van der Waals surface area contributed by atoms with E-state index in [1.54, 1.807) is 17.9 Å². The largest absolute Gasteiger partial charge is 0.465 e. The molecular weight excluding hydrogens is 430 g/mol. The summed E-state index contributed by atoms with van der Waals surface area (Å²) in [6.45, 7) is 7.22. The van der Waals surface area contributed by atoms with Gasteiger partial charge in [-0.1, -0.05) is 23.7 Å². The minimum atomic E-state index is -0.516. The van der Waals surface area contributed by atoms with E-state index in [0.717, 1.165) is 5.56 Å². The van der Waals surface area contributed by atoms with Gasteiger partial charge in [-0.25, -0.2) is 4.79 Å². The number of methoxy groups -OCH3 is 1. The first kappa shape index (κ1) is 23.1. The van der Waals surface area contributed by atoms with Crippen LogP contribution in [0.3, 0.4) is 0 Å². The van der Waals surface area contributed by atoms with E-state index in [-0.39, 0.29) is 5.91 Å². The third kappa shape index (κ3) is 5.68. The Morgan fingerprint density at radius 1 is 1.28 bits per heavy atom. The Balaban J connectivity index is 2.23. The van der Waals surface area contributed by atoms with E-state index in [1.807, 2.05) is 32.0 Å². The number of hydrogen-bond acceptors (Lipinski definition) is 5. The minimum absolute atomic E-state index is 0.117. The maximum Gasteiger partial charge on any atom is 0.341 e. The summed E-state index contributed by atoms with van der Waals surface area (Å²) in [5.74, 6) is -0.633. The van der Waals surface area contributed by atoms with Gasteiger partial charge in [0.2, 0.25) is 0 Å². The highest BCUT2D eigenvalue weighted by atomic mass is 35.5. The van der Waals surface area contributed by atoms with Gasteiger partial charge in [0.1, 0.15) is 5.00 Å². The predicted octanol–water partition coefficient (Wildman–Crippen LogP) is 4.47. The Labute approximate surface area is 185 Å². The van der Waals surface area contributed by atoms with E-state index in [0.29, 0.717) is 50.8 Å². The number of ether oxygens (including phenoxy) is 1. The molecule has 0 aliphatic rings. The van der Waals surface area contributed by atoms with Crippen molar-refractivity contribution in [1.82, 2.24) is 10.2 Å². The van der Waals surface area contributed by atoms with Crippen LogP contribution in [0.5, 0.6) is 0 Å². The average molecular weight is 454 g/mol. The van der Waals surface area contributed by atoms with Gasteiger partial charge in [0.25, 0.3) is 5.91 Å². The summed E-state index contributed by atoms with van der Waals surface area (Å²) in [6.07, 6.45) is 0. The van der Waals surface area contributed by atoms with Gasteiger partial charge in [0, 0.05) is 24.7 Å². The molecule has 29 heavy (non-hydrogen) atoms. The van der Waals surface area contributed by atoms with Crippen LogP contribution in [0.15, 0.2) is 24.3 Å². The maximum absolute atomic E-state index is 12.8. The van der Waals surface area contributed by atoms with Crippen LogP contribution in [0.1, 0.15) is 45.0 Å². The molecule has 0 unspecified atom stereocenters. The minimum Gasteiger partial charge on any atom is -0.465 e. The number of thiocarbonyl (C=S) groups is 1. The Hall–Kier alpha value is -2.16. The maximum atomic E-state index is 12.8. The van der Waals surface area contributed by atoms with Gasteiger partial charge in [0.05, 0.1) is 17.6 Å². The number of benzene rings is 1. The number of amides is 1. The van der Waals surface area contributed by atoms with Crippen molar-refractivity contribution < 1.29 is 14.3 Å². The first-order valence-electron chi connectivity index (χ1n) is 9.12. The van der Waals surface area contributed by atoms with Crippen molar-refractivity contribution in [2.24, 2.45) is 0 Å². The molecule has 9 heteroatoms. The summed E-state index contributed by atoms with van der Waals surface area (Å²) in [4.78, 5) is 27.4. The lowest BCUT2D eigenvalue weighted by Gasteiger charge is -2.17. The zero-order valence-electron chi connectivity index (χ0n) is 16.8. The van der Waals surface area contributed by atoms with E-state index >= 15 is 0 Å². The summed E-state index contributed by atoms with van der Waals surface area (Å²) in [6, 6.07) is 7.43. The number of thiophene rings is 1. The Kier molecular flexibility index (Phi) is 8.43. The monoisotopic (exact) mass is 453 g/mol. The van der Waals surface area contributed by atoms with E-state index < -0.39 is 5.97 Å². The molecule has 1 heterocycles. The molecule has 0 atom stereocenters. The molecule has 2 rings (SSSR count). The van der Waals surface area contributed by atoms with Gasteiger partial charge >= 0.3 is 5.97 Å². The lowest BCUT2D eigenvalue weighted by molar-refractivity contribution is 0.0601. The molecule has 2 N–H and O–H groups in total. The predicted molar refractivity (Wildman–Crippen MR) is 122 cm³/mol. The van der Waals surface area contributed by atoms with Crippen molar-refractivity contribution in [2.45, 2.75) is 27.3 Å². The van der Waals surface area contributed by atoms with Crippen molar-refractivity contribution in [3.8, 4) is 0 Å². The number of nitrogens with zero attached hydrogens (tertiary/aromatic N) is 1. The fourth-order valence-corrected chi connectivity index (χ4v) is 4.40. The van der Waals surface area contributed by atoms with Crippen molar-refractivity contribution in [3.63, 3.8) is 0 Å². The first-order chi connectivity index (χ1) is 13.8. The van der Waals surface area contributed by atoms with Gasteiger partial charge in [-0.05, 0) is 56.2 Å². The molecule has 0 aliphatic carbocycles.